The third-order valence-corrected chi connectivity index (χ3v) is 6.86. The molecule has 34 heavy (non-hydrogen) atoms. The number of rotatable bonds is 11. The van der Waals surface area contributed by atoms with E-state index < -0.39 is 22.0 Å². The van der Waals surface area contributed by atoms with Crippen molar-refractivity contribution in [1.29, 1.82) is 0 Å². The number of sulfonamides is 1. The molecule has 0 aromatic heterocycles. The normalized spacial score (nSPS) is 12.3. The van der Waals surface area contributed by atoms with Gasteiger partial charge in [-0.1, -0.05) is 57.2 Å². The van der Waals surface area contributed by atoms with Crippen LogP contribution in [0.3, 0.4) is 0 Å². The van der Waals surface area contributed by atoms with E-state index in [-0.39, 0.29) is 24.9 Å². The first-order chi connectivity index (χ1) is 15.9. The van der Waals surface area contributed by atoms with Gasteiger partial charge in [-0.15, -0.1) is 0 Å². The number of benzene rings is 2. The highest BCUT2D eigenvalue weighted by molar-refractivity contribution is 7.92. The summed E-state index contributed by atoms with van der Waals surface area (Å²) in [5.41, 5.74) is 3.25. The lowest BCUT2D eigenvalue weighted by molar-refractivity contribution is -0.140. The third-order valence-electron chi connectivity index (χ3n) is 5.72. The lowest BCUT2D eigenvalue weighted by Crippen LogP contribution is -2.52. The van der Waals surface area contributed by atoms with Crippen molar-refractivity contribution in [2.24, 2.45) is 5.92 Å². The molecule has 0 bridgehead atoms. The molecule has 0 spiro atoms. The van der Waals surface area contributed by atoms with Crippen molar-refractivity contribution in [2.45, 2.75) is 53.6 Å². The molecular formula is C26H37N3O4S. The quantitative estimate of drug-likeness (QED) is 0.524. The fourth-order valence-electron chi connectivity index (χ4n) is 3.62. The molecule has 0 saturated carbocycles. The van der Waals surface area contributed by atoms with Gasteiger partial charge in [0.25, 0.3) is 0 Å². The molecule has 7 nitrogen and oxygen atoms in total. The average Bonchev–Trinajstić information content (AvgIpc) is 2.77. The molecule has 2 aromatic carbocycles. The zero-order valence-electron chi connectivity index (χ0n) is 21.0. The largest absolute Gasteiger partial charge is 0.354 e. The van der Waals surface area contributed by atoms with E-state index in [4.69, 9.17) is 0 Å². The van der Waals surface area contributed by atoms with Crippen LogP contribution in [0.2, 0.25) is 0 Å². The summed E-state index contributed by atoms with van der Waals surface area (Å²) in [5, 5.41) is 2.92. The minimum absolute atomic E-state index is 0.206. The Labute approximate surface area is 204 Å². The van der Waals surface area contributed by atoms with Gasteiger partial charge in [0.05, 0.1) is 11.9 Å². The lowest BCUT2D eigenvalue weighted by atomic mass is 10.1. The third kappa shape index (κ3) is 7.58. The topological polar surface area (TPSA) is 86.8 Å². The maximum atomic E-state index is 13.6. The van der Waals surface area contributed by atoms with Crippen LogP contribution in [-0.4, -0.2) is 50.5 Å². The van der Waals surface area contributed by atoms with E-state index in [1.54, 1.807) is 12.1 Å². The van der Waals surface area contributed by atoms with Gasteiger partial charge < -0.3 is 10.2 Å². The van der Waals surface area contributed by atoms with Gasteiger partial charge in [0, 0.05) is 13.1 Å². The Morgan fingerprint density at radius 1 is 1.00 bits per heavy atom. The van der Waals surface area contributed by atoms with Gasteiger partial charge in [0.15, 0.2) is 0 Å². The Bertz CT molecular complexity index is 1080. The molecule has 2 amide bonds. The van der Waals surface area contributed by atoms with Crippen LogP contribution in [0.5, 0.6) is 0 Å². The molecule has 0 fully saturated rings. The van der Waals surface area contributed by atoms with E-state index in [0.29, 0.717) is 18.7 Å². The number of anilines is 1. The molecule has 0 aliphatic rings. The first kappa shape index (κ1) is 27.4. The molecule has 1 atom stereocenters. The van der Waals surface area contributed by atoms with Crippen molar-refractivity contribution in [3.05, 3.63) is 65.2 Å². The molecule has 0 saturated heterocycles. The number of hydrogen-bond donors (Lipinski definition) is 1. The predicted molar refractivity (Wildman–Crippen MR) is 137 cm³/mol. The Balaban J connectivity index is 2.41. The minimum Gasteiger partial charge on any atom is -0.354 e. The van der Waals surface area contributed by atoms with Crippen LogP contribution in [-0.2, 0) is 26.2 Å². The van der Waals surface area contributed by atoms with Crippen molar-refractivity contribution in [3.63, 3.8) is 0 Å². The maximum absolute atomic E-state index is 13.6. The number of carbonyl (C=O) groups excluding carboxylic acids is 2. The molecule has 0 aliphatic heterocycles. The summed E-state index contributed by atoms with van der Waals surface area (Å²) >= 11 is 0. The van der Waals surface area contributed by atoms with Gasteiger partial charge in [-0.3, -0.25) is 13.9 Å². The van der Waals surface area contributed by atoms with E-state index in [0.717, 1.165) is 27.3 Å². The Hall–Kier alpha value is -2.87. The van der Waals surface area contributed by atoms with Crippen LogP contribution in [0.25, 0.3) is 0 Å². The molecule has 1 N–H and O–H groups in total. The second-order valence-electron chi connectivity index (χ2n) is 9.11. The Morgan fingerprint density at radius 3 is 2.18 bits per heavy atom. The number of amides is 2. The zero-order chi connectivity index (χ0) is 25.5. The predicted octanol–water partition coefficient (Wildman–Crippen LogP) is 3.65. The summed E-state index contributed by atoms with van der Waals surface area (Å²) < 4.78 is 26.5. The van der Waals surface area contributed by atoms with E-state index in [9.17, 15) is 18.0 Å². The maximum Gasteiger partial charge on any atom is 0.244 e. The van der Waals surface area contributed by atoms with Gasteiger partial charge in [0.2, 0.25) is 21.8 Å². The summed E-state index contributed by atoms with van der Waals surface area (Å²) in [6, 6.07) is 14.0. The first-order valence-electron chi connectivity index (χ1n) is 11.6. The second kappa shape index (κ2) is 12.0. The van der Waals surface area contributed by atoms with Crippen LogP contribution in [0.1, 0.15) is 43.9 Å². The highest BCUT2D eigenvalue weighted by Crippen LogP contribution is 2.22. The van der Waals surface area contributed by atoms with Crippen LogP contribution >= 0.6 is 0 Å². The van der Waals surface area contributed by atoms with Crippen LogP contribution in [0.15, 0.2) is 48.5 Å². The summed E-state index contributed by atoms with van der Waals surface area (Å²) in [5.74, 6) is -0.401. The van der Waals surface area contributed by atoms with Gasteiger partial charge in [0.1, 0.15) is 12.6 Å². The summed E-state index contributed by atoms with van der Waals surface area (Å²) in [6.07, 6.45) is 1.49. The van der Waals surface area contributed by atoms with Crippen LogP contribution in [0.4, 0.5) is 5.69 Å². The molecule has 1 unspecified atom stereocenters. The van der Waals surface area contributed by atoms with Crippen LogP contribution in [0, 0.1) is 19.8 Å². The SMILES string of the molecule is CCC(C(=O)NCC(C)C)N(Cc1ccccc1)C(=O)CN(c1ccc(C)c(C)c1)S(C)(=O)=O. The lowest BCUT2D eigenvalue weighted by Gasteiger charge is -2.33. The first-order valence-corrected chi connectivity index (χ1v) is 13.4. The molecule has 2 rings (SSSR count). The number of hydrogen-bond acceptors (Lipinski definition) is 4. The van der Waals surface area contributed by atoms with Gasteiger partial charge in [-0.2, -0.15) is 0 Å². The second-order valence-corrected chi connectivity index (χ2v) is 11.0. The van der Waals surface area contributed by atoms with Crippen LogP contribution < -0.4 is 9.62 Å². The molecule has 0 radical (unpaired) electrons. The van der Waals surface area contributed by atoms with Gasteiger partial charge in [-0.25, -0.2) is 8.42 Å². The fraction of sp³-hybridized carbons (Fsp3) is 0.462. The van der Waals surface area contributed by atoms with Crippen molar-refractivity contribution >= 4 is 27.5 Å². The highest BCUT2D eigenvalue weighted by atomic mass is 32.2. The molecule has 186 valence electrons. The molecule has 0 aliphatic carbocycles. The fourth-order valence-corrected chi connectivity index (χ4v) is 4.46. The van der Waals surface area contributed by atoms with E-state index in [1.807, 2.05) is 71.0 Å². The summed E-state index contributed by atoms with van der Waals surface area (Å²) in [6.45, 7) is 10.0. The van der Waals surface area contributed by atoms with E-state index >= 15 is 0 Å². The van der Waals surface area contributed by atoms with Gasteiger partial charge >= 0.3 is 0 Å². The average molecular weight is 488 g/mol. The summed E-state index contributed by atoms with van der Waals surface area (Å²) in [4.78, 5) is 28.1. The smallest absolute Gasteiger partial charge is 0.244 e. The minimum atomic E-state index is -3.74. The molecule has 8 heteroatoms. The zero-order valence-corrected chi connectivity index (χ0v) is 21.9. The number of carbonyl (C=O) groups is 2. The monoisotopic (exact) mass is 487 g/mol. The van der Waals surface area contributed by atoms with Crippen molar-refractivity contribution < 1.29 is 18.0 Å². The van der Waals surface area contributed by atoms with Crippen molar-refractivity contribution in [3.8, 4) is 0 Å². The van der Waals surface area contributed by atoms with Crippen molar-refractivity contribution in [1.82, 2.24) is 10.2 Å². The number of aryl methyl sites for hydroxylation is 2. The van der Waals surface area contributed by atoms with E-state index in [1.165, 1.54) is 4.90 Å². The molecule has 2 aromatic rings. The highest BCUT2D eigenvalue weighted by Gasteiger charge is 2.31. The van der Waals surface area contributed by atoms with E-state index in [2.05, 4.69) is 5.32 Å². The standard InChI is InChI=1S/C26H37N3O4S/c1-7-24(26(31)27-16-19(2)3)28(17-22-11-9-8-10-12-22)25(30)18-29(34(6,32)33)23-14-13-20(4)21(5)15-23/h8-15,19,24H,7,16-18H2,1-6H3,(H,27,31). The number of nitrogens with zero attached hydrogens (tertiary/aromatic N) is 2. The van der Waals surface area contributed by atoms with Gasteiger partial charge in [-0.05, 0) is 55.0 Å². The Kier molecular flexibility index (Phi) is 9.67. The van der Waals surface area contributed by atoms with Crippen molar-refractivity contribution in [2.75, 3.05) is 23.7 Å². The molecular weight excluding hydrogens is 450 g/mol. The summed E-state index contributed by atoms with van der Waals surface area (Å²) in [7, 11) is -3.74. The molecule has 0 heterocycles. The number of nitrogens with one attached hydrogen (secondary N) is 1. The Morgan fingerprint density at radius 2 is 1.65 bits per heavy atom.